The molecule has 0 aromatic rings. The van der Waals surface area contributed by atoms with Gasteiger partial charge in [0.05, 0.1) is 20.7 Å². The number of ether oxygens (including phenoxy) is 1. The third-order valence-electron chi connectivity index (χ3n) is 3.87. The Balaban J connectivity index is 3.05. The molecule has 1 aliphatic heterocycles. The van der Waals surface area contributed by atoms with Crippen LogP contribution in [0, 0.1) is 0 Å². The van der Waals surface area contributed by atoms with E-state index in [4.69, 9.17) is 4.74 Å². The predicted molar refractivity (Wildman–Crippen MR) is 65.5 cm³/mol. The second kappa shape index (κ2) is 4.52. The molecule has 2 nitrogen and oxygen atoms in total. The summed E-state index contributed by atoms with van der Waals surface area (Å²) in [5.74, 6) is -0.00549. The first-order valence-electron chi connectivity index (χ1n) is 5.72. The first-order valence-corrected chi connectivity index (χ1v) is 8.03. The number of esters is 1. The highest BCUT2D eigenvalue weighted by atomic mass is 28.3. The van der Waals surface area contributed by atoms with Gasteiger partial charge in [0.15, 0.2) is 0 Å². The van der Waals surface area contributed by atoms with Crippen molar-refractivity contribution in [1.29, 1.82) is 0 Å². The van der Waals surface area contributed by atoms with Crippen molar-refractivity contribution in [2.75, 3.05) is 7.11 Å². The second-order valence-electron chi connectivity index (χ2n) is 5.02. The standard InChI is InChI=1S/C12H22O2Si/c1-9(2)15(10(3)4)8-6-7-11(15)12(13)14-5/h6,8-11H,7H2,1-5H3. The van der Waals surface area contributed by atoms with Crippen LogP contribution in [0.4, 0.5) is 0 Å². The third-order valence-corrected chi connectivity index (χ3v) is 10.4. The highest BCUT2D eigenvalue weighted by Gasteiger charge is 2.50. The number of carbonyl (C=O) groups excluding carboxylic acids is 1. The Morgan fingerprint density at radius 3 is 2.27 bits per heavy atom. The van der Waals surface area contributed by atoms with Gasteiger partial charge in [0.2, 0.25) is 0 Å². The Hall–Kier alpha value is -0.573. The third kappa shape index (κ3) is 1.89. The number of methoxy groups -OCH3 is 1. The molecule has 0 aromatic carbocycles. The van der Waals surface area contributed by atoms with Gasteiger partial charge in [0.1, 0.15) is 0 Å². The SMILES string of the molecule is COC(=O)C1CC=C[Si]1(C(C)C)C(C)C. The lowest BCUT2D eigenvalue weighted by atomic mass is 10.3. The molecule has 0 saturated carbocycles. The molecule has 86 valence electrons. The van der Waals surface area contributed by atoms with E-state index in [1.807, 2.05) is 0 Å². The lowest BCUT2D eigenvalue weighted by molar-refractivity contribution is -0.140. The molecule has 0 fully saturated rings. The lowest BCUT2D eigenvalue weighted by Crippen LogP contribution is -2.45. The smallest absolute Gasteiger partial charge is 0.306 e. The first-order chi connectivity index (χ1) is 6.96. The van der Waals surface area contributed by atoms with Gasteiger partial charge in [0.25, 0.3) is 0 Å². The Morgan fingerprint density at radius 2 is 1.87 bits per heavy atom. The van der Waals surface area contributed by atoms with E-state index in [2.05, 4.69) is 39.5 Å². The van der Waals surface area contributed by atoms with Gasteiger partial charge in [-0.25, -0.2) is 0 Å². The second-order valence-corrected chi connectivity index (χ2v) is 10.4. The monoisotopic (exact) mass is 226 g/mol. The van der Waals surface area contributed by atoms with E-state index >= 15 is 0 Å². The molecule has 1 heterocycles. The largest absolute Gasteiger partial charge is 0.469 e. The average molecular weight is 226 g/mol. The first kappa shape index (κ1) is 12.5. The molecular formula is C12H22O2Si. The van der Waals surface area contributed by atoms with E-state index in [1.54, 1.807) is 0 Å². The summed E-state index contributed by atoms with van der Waals surface area (Å²) in [5.41, 5.74) is 3.70. The van der Waals surface area contributed by atoms with Crippen LogP contribution in [0.25, 0.3) is 0 Å². The summed E-state index contributed by atoms with van der Waals surface area (Å²) in [4.78, 5) is 11.8. The summed E-state index contributed by atoms with van der Waals surface area (Å²) >= 11 is 0. The maximum Gasteiger partial charge on any atom is 0.306 e. The van der Waals surface area contributed by atoms with Crippen molar-refractivity contribution in [1.82, 2.24) is 0 Å². The normalized spacial score (nSPS) is 23.8. The van der Waals surface area contributed by atoms with E-state index in [9.17, 15) is 4.79 Å². The molecule has 0 saturated heterocycles. The minimum Gasteiger partial charge on any atom is -0.469 e. The quantitative estimate of drug-likeness (QED) is 0.545. The Kier molecular flexibility index (Phi) is 3.76. The molecule has 1 unspecified atom stereocenters. The van der Waals surface area contributed by atoms with Gasteiger partial charge in [-0.1, -0.05) is 39.5 Å². The maximum absolute atomic E-state index is 11.8. The molecule has 0 aromatic heterocycles. The fourth-order valence-corrected chi connectivity index (χ4v) is 8.59. The molecule has 0 bridgehead atoms. The van der Waals surface area contributed by atoms with Gasteiger partial charge < -0.3 is 4.74 Å². The number of allylic oxidation sites excluding steroid dienone is 1. The maximum atomic E-state index is 11.8. The molecule has 3 heteroatoms. The summed E-state index contributed by atoms with van der Waals surface area (Å²) in [6, 6.07) is 0. The molecule has 1 aliphatic rings. The number of rotatable bonds is 3. The molecule has 0 radical (unpaired) electrons. The van der Waals surface area contributed by atoms with Crippen LogP contribution >= 0.6 is 0 Å². The van der Waals surface area contributed by atoms with Gasteiger partial charge in [-0.2, -0.15) is 0 Å². The summed E-state index contributed by atoms with van der Waals surface area (Å²) < 4.78 is 4.95. The van der Waals surface area contributed by atoms with Crippen LogP contribution in [0.3, 0.4) is 0 Å². The van der Waals surface area contributed by atoms with E-state index in [1.165, 1.54) is 7.11 Å². The molecule has 0 aliphatic carbocycles. The lowest BCUT2D eigenvalue weighted by Gasteiger charge is -2.38. The summed E-state index contributed by atoms with van der Waals surface area (Å²) in [6.07, 6.45) is 3.07. The van der Waals surface area contributed by atoms with Crippen LogP contribution < -0.4 is 0 Å². The molecule has 15 heavy (non-hydrogen) atoms. The fraction of sp³-hybridized carbons (Fsp3) is 0.750. The molecular weight excluding hydrogens is 204 g/mol. The minimum absolute atomic E-state index is 0.00549. The Labute approximate surface area is 93.7 Å². The fourth-order valence-electron chi connectivity index (χ4n) is 3.03. The van der Waals surface area contributed by atoms with E-state index in [0.717, 1.165) is 6.42 Å². The van der Waals surface area contributed by atoms with Crippen LogP contribution in [0.2, 0.25) is 16.6 Å². The molecule has 0 amide bonds. The van der Waals surface area contributed by atoms with Crippen LogP contribution in [0.5, 0.6) is 0 Å². The van der Waals surface area contributed by atoms with Crippen LogP contribution in [-0.2, 0) is 9.53 Å². The average Bonchev–Trinajstić information content (AvgIpc) is 2.61. The predicted octanol–water partition coefficient (Wildman–Crippen LogP) is 3.30. The summed E-state index contributed by atoms with van der Waals surface area (Å²) in [7, 11) is -0.155. The number of hydrogen-bond acceptors (Lipinski definition) is 2. The summed E-state index contributed by atoms with van der Waals surface area (Å²) in [6.45, 7) is 8.99. The van der Waals surface area contributed by atoms with Crippen LogP contribution in [0.1, 0.15) is 34.1 Å². The van der Waals surface area contributed by atoms with Crippen molar-refractivity contribution in [2.24, 2.45) is 0 Å². The van der Waals surface area contributed by atoms with E-state index in [0.29, 0.717) is 11.1 Å². The van der Waals surface area contributed by atoms with Crippen molar-refractivity contribution in [3.8, 4) is 0 Å². The van der Waals surface area contributed by atoms with Crippen molar-refractivity contribution >= 4 is 14.0 Å². The van der Waals surface area contributed by atoms with Crippen molar-refractivity contribution < 1.29 is 9.53 Å². The minimum atomic E-state index is -1.66. The Bertz CT molecular complexity index is 261. The number of carbonyl (C=O) groups is 1. The van der Waals surface area contributed by atoms with E-state index < -0.39 is 8.07 Å². The molecule has 0 spiro atoms. The van der Waals surface area contributed by atoms with Gasteiger partial charge >= 0.3 is 5.97 Å². The highest BCUT2D eigenvalue weighted by Crippen LogP contribution is 2.48. The van der Waals surface area contributed by atoms with Crippen molar-refractivity contribution in [3.63, 3.8) is 0 Å². The van der Waals surface area contributed by atoms with Gasteiger partial charge in [-0.05, 0) is 17.5 Å². The van der Waals surface area contributed by atoms with Gasteiger partial charge in [-0.15, -0.1) is 0 Å². The van der Waals surface area contributed by atoms with Gasteiger partial charge in [0, 0.05) is 0 Å². The van der Waals surface area contributed by atoms with Gasteiger partial charge in [-0.3, -0.25) is 4.79 Å². The molecule has 1 rings (SSSR count). The van der Waals surface area contributed by atoms with Crippen molar-refractivity contribution in [2.45, 2.75) is 50.7 Å². The van der Waals surface area contributed by atoms with Crippen LogP contribution in [-0.4, -0.2) is 21.2 Å². The zero-order valence-electron chi connectivity index (χ0n) is 10.4. The number of hydrogen-bond donors (Lipinski definition) is 0. The zero-order chi connectivity index (χ0) is 11.6. The molecule has 1 atom stereocenters. The van der Waals surface area contributed by atoms with Crippen molar-refractivity contribution in [3.05, 3.63) is 11.8 Å². The zero-order valence-corrected chi connectivity index (χ0v) is 11.4. The highest BCUT2D eigenvalue weighted by molar-refractivity contribution is 6.91. The Morgan fingerprint density at radius 1 is 1.33 bits per heavy atom. The van der Waals surface area contributed by atoms with Crippen LogP contribution in [0.15, 0.2) is 11.8 Å². The topological polar surface area (TPSA) is 26.3 Å². The summed E-state index contributed by atoms with van der Waals surface area (Å²) in [5, 5.41) is 0. The van der Waals surface area contributed by atoms with E-state index in [-0.39, 0.29) is 11.5 Å². The molecule has 0 N–H and O–H groups in total.